The van der Waals surface area contributed by atoms with Gasteiger partial charge in [0, 0.05) is 8.04 Å². The van der Waals surface area contributed by atoms with E-state index in [1.165, 1.54) is 0 Å². The van der Waals surface area contributed by atoms with Gasteiger partial charge in [-0.2, -0.15) is 0 Å². The van der Waals surface area contributed by atoms with E-state index in [1.54, 1.807) is 6.92 Å². The first-order chi connectivity index (χ1) is 6.02. The first kappa shape index (κ1) is 11.4. The maximum absolute atomic E-state index is 9.29. The van der Waals surface area contributed by atoms with E-state index in [0.717, 1.165) is 13.6 Å². The second kappa shape index (κ2) is 4.72. The third kappa shape index (κ3) is 2.90. The Labute approximate surface area is 99.8 Å². The summed E-state index contributed by atoms with van der Waals surface area (Å²) < 4.78 is 2.15. The molecule has 13 heavy (non-hydrogen) atoms. The maximum Gasteiger partial charge on any atom is 0.0704 e. The molecule has 0 heterocycles. The van der Waals surface area contributed by atoms with Crippen molar-refractivity contribution in [3.63, 3.8) is 0 Å². The number of rotatable bonds is 2. The highest BCUT2D eigenvalue weighted by molar-refractivity contribution is 14.1. The highest BCUT2D eigenvalue weighted by Crippen LogP contribution is 2.23. The van der Waals surface area contributed by atoms with Crippen LogP contribution in [0.15, 0.2) is 22.7 Å². The summed E-state index contributed by atoms with van der Waals surface area (Å²) in [4.78, 5) is 0. The Morgan fingerprint density at radius 3 is 2.62 bits per heavy atom. The van der Waals surface area contributed by atoms with Crippen LogP contribution in [0.25, 0.3) is 0 Å². The Bertz CT molecular complexity index is 304. The molecule has 1 aromatic carbocycles. The first-order valence-corrected chi connectivity index (χ1v) is 5.78. The molecule has 1 rings (SSSR count). The fourth-order valence-electron chi connectivity index (χ4n) is 0.998. The number of hydrogen-bond donors (Lipinski definition) is 2. The number of aliphatic hydroxyl groups is 1. The lowest BCUT2D eigenvalue weighted by Gasteiger charge is -2.15. The predicted molar refractivity (Wildman–Crippen MR) is 65.5 cm³/mol. The zero-order chi connectivity index (χ0) is 10.0. The number of halogens is 2. The van der Waals surface area contributed by atoms with Gasteiger partial charge in [0.05, 0.1) is 12.1 Å². The van der Waals surface area contributed by atoms with Gasteiger partial charge in [-0.3, -0.25) is 0 Å². The van der Waals surface area contributed by atoms with Crippen molar-refractivity contribution in [1.29, 1.82) is 0 Å². The lowest BCUT2D eigenvalue weighted by Crippen LogP contribution is -2.23. The molecule has 0 aliphatic heterocycles. The van der Waals surface area contributed by atoms with Gasteiger partial charge >= 0.3 is 0 Å². The molecule has 0 unspecified atom stereocenters. The molecule has 1 aromatic rings. The number of nitrogens with two attached hydrogens (primary N) is 1. The van der Waals surface area contributed by atoms with Gasteiger partial charge in [0.2, 0.25) is 0 Å². The minimum absolute atomic E-state index is 0.312. The molecule has 3 N–H and O–H groups in total. The van der Waals surface area contributed by atoms with Gasteiger partial charge in [0.25, 0.3) is 0 Å². The molecular formula is C9H11BrINO. The topological polar surface area (TPSA) is 46.2 Å². The van der Waals surface area contributed by atoms with Crippen molar-refractivity contribution in [3.05, 3.63) is 31.8 Å². The highest BCUT2D eigenvalue weighted by atomic mass is 127. The Morgan fingerprint density at radius 2 is 2.15 bits per heavy atom. The molecule has 2 nitrogen and oxygen atoms in total. The molecule has 0 spiro atoms. The minimum Gasteiger partial charge on any atom is -0.391 e. The van der Waals surface area contributed by atoms with Crippen LogP contribution in [-0.2, 0) is 0 Å². The standard InChI is InChI=1S/C9H11BrINO/c1-5(13)9(12)6-2-3-8(11)7(10)4-6/h2-5,9,13H,12H2,1H3/t5-,9-/m1/s1. The summed E-state index contributed by atoms with van der Waals surface area (Å²) in [5, 5.41) is 9.29. The van der Waals surface area contributed by atoms with Gasteiger partial charge in [-0.15, -0.1) is 0 Å². The van der Waals surface area contributed by atoms with Crippen molar-refractivity contribution in [2.75, 3.05) is 0 Å². The smallest absolute Gasteiger partial charge is 0.0704 e. The number of aliphatic hydroxyl groups excluding tert-OH is 1. The Kier molecular flexibility index (Phi) is 4.15. The third-order valence-corrected chi connectivity index (χ3v) is 4.19. The van der Waals surface area contributed by atoms with Gasteiger partial charge in [-0.05, 0) is 63.1 Å². The van der Waals surface area contributed by atoms with E-state index in [9.17, 15) is 5.11 Å². The normalized spacial score (nSPS) is 15.5. The number of benzene rings is 1. The molecule has 0 bridgehead atoms. The predicted octanol–water partition coefficient (Wildman–Crippen LogP) is 2.43. The summed E-state index contributed by atoms with van der Waals surface area (Å²) in [5.74, 6) is 0. The van der Waals surface area contributed by atoms with E-state index >= 15 is 0 Å². The van der Waals surface area contributed by atoms with Crippen LogP contribution < -0.4 is 5.73 Å². The van der Waals surface area contributed by atoms with Crippen LogP contribution in [0.2, 0.25) is 0 Å². The van der Waals surface area contributed by atoms with Gasteiger partial charge in [0.1, 0.15) is 0 Å². The molecule has 0 aliphatic rings. The molecular weight excluding hydrogens is 345 g/mol. The van der Waals surface area contributed by atoms with Crippen molar-refractivity contribution >= 4 is 38.5 Å². The maximum atomic E-state index is 9.29. The van der Waals surface area contributed by atoms with Crippen molar-refractivity contribution in [2.24, 2.45) is 5.73 Å². The summed E-state index contributed by atoms with van der Waals surface area (Å²) in [7, 11) is 0. The monoisotopic (exact) mass is 355 g/mol. The lowest BCUT2D eigenvalue weighted by atomic mass is 10.0. The minimum atomic E-state index is -0.521. The third-order valence-electron chi connectivity index (χ3n) is 1.85. The SMILES string of the molecule is C[C@@H](O)[C@@H](N)c1ccc(I)c(Br)c1. The molecule has 4 heteroatoms. The summed E-state index contributed by atoms with van der Waals surface area (Å²) in [6.07, 6.45) is -0.521. The van der Waals surface area contributed by atoms with E-state index < -0.39 is 6.10 Å². The van der Waals surface area contributed by atoms with Crippen LogP contribution >= 0.6 is 38.5 Å². The van der Waals surface area contributed by atoms with E-state index in [1.807, 2.05) is 18.2 Å². The summed E-state index contributed by atoms with van der Waals surface area (Å²) in [6, 6.07) is 5.54. The summed E-state index contributed by atoms with van der Waals surface area (Å²) in [5.41, 5.74) is 6.73. The van der Waals surface area contributed by atoms with E-state index in [4.69, 9.17) is 5.73 Å². The van der Waals surface area contributed by atoms with Crippen LogP contribution in [0.1, 0.15) is 18.5 Å². The molecule has 0 aromatic heterocycles. The zero-order valence-corrected chi connectivity index (χ0v) is 10.9. The molecule has 0 saturated heterocycles. The average Bonchev–Trinajstić information content (AvgIpc) is 2.08. The van der Waals surface area contributed by atoms with Crippen molar-refractivity contribution in [2.45, 2.75) is 19.1 Å². The van der Waals surface area contributed by atoms with E-state index in [0.29, 0.717) is 0 Å². The second-order valence-corrected chi connectivity index (χ2v) is 4.96. The molecule has 0 radical (unpaired) electrons. The van der Waals surface area contributed by atoms with Crippen molar-refractivity contribution in [1.82, 2.24) is 0 Å². The highest BCUT2D eigenvalue weighted by Gasteiger charge is 2.12. The Balaban J connectivity index is 2.97. The van der Waals surface area contributed by atoms with Crippen LogP contribution in [0, 0.1) is 3.57 Å². The second-order valence-electron chi connectivity index (χ2n) is 2.94. The molecule has 72 valence electrons. The van der Waals surface area contributed by atoms with Crippen LogP contribution in [-0.4, -0.2) is 11.2 Å². The largest absolute Gasteiger partial charge is 0.391 e. The Morgan fingerprint density at radius 1 is 1.54 bits per heavy atom. The summed E-state index contributed by atoms with van der Waals surface area (Å²) >= 11 is 5.65. The number of hydrogen-bond acceptors (Lipinski definition) is 2. The zero-order valence-electron chi connectivity index (χ0n) is 7.17. The van der Waals surface area contributed by atoms with Gasteiger partial charge < -0.3 is 10.8 Å². The quantitative estimate of drug-likeness (QED) is 0.800. The molecule has 0 aliphatic carbocycles. The van der Waals surface area contributed by atoms with E-state index in [-0.39, 0.29) is 6.04 Å². The average molecular weight is 356 g/mol. The lowest BCUT2D eigenvalue weighted by molar-refractivity contribution is 0.164. The van der Waals surface area contributed by atoms with E-state index in [2.05, 4.69) is 38.5 Å². The fraction of sp³-hybridized carbons (Fsp3) is 0.333. The molecule has 0 saturated carbocycles. The van der Waals surface area contributed by atoms with Crippen LogP contribution in [0.5, 0.6) is 0 Å². The van der Waals surface area contributed by atoms with Gasteiger partial charge in [-0.25, -0.2) is 0 Å². The van der Waals surface area contributed by atoms with Crippen LogP contribution in [0.4, 0.5) is 0 Å². The Hall–Kier alpha value is 0.350. The van der Waals surface area contributed by atoms with Crippen LogP contribution in [0.3, 0.4) is 0 Å². The molecule has 2 atom stereocenters. The summed E-state index contributed by atoms with van der Waals surface area (Å²) in [6.45, 7) is 1.69. The molecule has 0 amide bonds. The van der Waals surface area contributed by atoms with Gasteiger partial charge in [0.15, 0.2) is 0 Å². The van der Waals surface area contributed by atoms with Crippen molar-refractivity contribution < 1.29 is 5.11 Å². The van der Waals surface area contributed by atoms with Gasteiger partial charge in [-0.1, -0.05) is 6.07 Å². The fourth-order valence-corrected chi connectivity index (χ4v) is 1.73. The molecule has 0 fully saturated rings. The first-order valence-electron chi connectivity index (χ1n) is 3.91. The van der Waals surface area contributed by atoms with Crippen molar-refractivity contribution in [3.8, 4) is 0 Å².